The maximum Gasteiger partial charge on any atom is 0.434 e. The number of nitrogens with one attached hydrogen (secondary N) is 1. The number of alkyl halides is 3. The molecule has 1 aromatic carbocycles. The van der Waals surface area contributed by atoms with E-state index in [1.54, 1.807) is 0 Å². The molecular formula is C26H38F3N5O4. The van der Waals surface area contributed by atoms with E-state index in [0.717, 1.165) is 45.6 Å². The number of piperazine rings is 1. The first kappa shape index (κ1) is 31.3. The SMILES string of the molecule is CC.CN1CCN(Cc2ccc(OCC(=O)O)cc2)CC1.FC(F)(F)c1cncc(NC2CCCOC2)n1. The van der Waals surface area contributed by atoms with Crippen LogP contribution in [0.2, 0.25) is 0 Å². The van der Waals surface area contributed by atoms with Gasteiger partial charge in [0, 0.05) is 39.3 Å². The number of ether oxygens (including phenoxy) is 2. The van der Waals surface area contributed by atoms with Crippen molar-refractivity contribution >= 4 is 11.8 Å². The third kappa shape index (κ3) is 11.6. The molecule has 2 N–H and O–H groups in total. The van der Waals surface area contributed by atoms with Crippen LogP contribution < -0.4 is 10.1 Å². The van der Waals surface area contributed by atoms with Crippen LogP contribution in [0, 0.1) is 0 Å². The Hall–Kier alpha value is -2.96. The van der Waals surface area contributed by atoms with Gasteiger partial charge in [-0.05, 0) is 37.6 Å². The van der Waals surface area contributed by atoms with Gasteiger partial charge in [-0.1, -0.05) is 26.0 Å². The van der Waals surface area contributed by atoms with Gasteiger partial charge < -0.3 is 24.8 Å². The van der Waals surface area contributed by atoms with E-state index < -0.39 is 17.8 Å². The standard InChI is InChI=1S/C14H20N2O3.C10H12F3N3O.C2H6/c1-15-6-8-16(9-7-15)10-12-2-4-13(5-3-12)19-11-14(17)18;11-10(12,13)8-4-14-5-9(16-8)15-7-2-1-3-17-6-7;1-2/h2-5H,6-11H2,1H3,(H,17,18);4-5,7H,1-3,6H2,(H,15,16);1-2H3. The average Bonchev–Trinajstić information content (AvgIpc) is 2.91. The van der Waals surface area contributed by atoms with Crippen molar-refractivity contribution in [3.8, 4) is 5.75 Å². The minimum Gasteiger partial charge on any atom is -0.482 e. The lowest BCUT2D eigenvalue weighted by Gasteiger charge is -2.32. The largest absolute Gasteiger partial charge is 0.482 e. The van der Waals surface area contributed by atoms with Gasteiger partial charge in [0.25, 0.3) is 0 Å². The summed E-state index contributed by atoms with van der Waals surface area (Å²) in [6, 6.07) is 7.65. The molecule has 2 aliphatic heterocycles. The van der Waals surface area contributed by atoms with Crippen molar-refractivity contribution in [1.29, 1.82) is 0 Å². The molecule has 0 radical (unpaired) electrons. The van der Waals surface area contributed by atoms with Crippen molar-refractivity contribution in [2.45, 2.75) is 45.5 Å². The predicted octanol–water partition coefficient (Wildman–Crippen LogP) is 4.01. The monoisotopic (exact) mass is 541 g/mol. The van der Waals surface area contributed by atoms with Gasteiger partial charge >= 0.3 is 12.1 Å². The number of halogens is 3. The lowest BCUT2D eigenvalue weighted by atomic mass is 10.1. The summed E-state index contributed by atoms with van der Waals surface area (Å²) in [6.07, 6.45) is -0.720. The van der Waals surface area contributed by atoms with E-state index in [2.05, 4.69) is 32.1 Å². The molecule has 1 atom stereocenters. The number of likely N-dealkylation sites (N-methyl/N-ethyl adjacent to an activating group) is 1. The third-order valence-corrected chi connectivity index (χ3v) is 5.73. The molecule has 2 aliphatic rings. The number of rotatable bonds is 7. The lowest BCUT2D eigenvalue weighted by Crippen LogP contribution is -2.43. The van der Waals surface area contributed by atoms with Crippen LogP contribution >= 0.6 is 0 Å². The summed E-state index contributed by atoms with van der Waals surface area (Å²) in [6.45, 7) is 10.2. The number of hydrogen-bond donors (Lipinski definition) is 2. The molecule has 0 saturated carbocycles. The number of carbonyl (C=O) groups is 1. The Bertz CT molecular complexity index is 949. The summed E-state index contributed by atoms with van der Waals surface area (Å²) >= 11 is 0. The van der Waals surface area contributed by atoms with E-state index in [9.17, 15) is 18.0 Å². The van der Waals surface area contributed by atoms with Crippen molar-refractivity contribution in [2.24, 2.45) is 0 Å². The molecule has 0 amide bonds. The van der Waals surface area contributed by atoms with Crippen molar-refractivity contribution < 1.29 is 32.5 Å². The van der Waals surface area contributed by atoms with E-state index >= 15 is 0 Å². The first-order valence-electron chi connectivity index (χ1n) is 12.8. The van der Waals surface area contributed by atoms with E-state index in [4.69, 9.17) is 14.6 Å². The number of aromatic nitrogens is 2. The van der Waals surface area contributed by atoms with Gasteiger partial charge in [0.2, 0.25) is 0 Å². The summed E-state index contributed by atoms with van der Waals surface area (Å²) in [7, 11) is 2.14. The Morgan fingerprint density at radius 2 is 1.84 bits per heavy atom. The van der Waals surface area contributed by atoms with Crippen LogP contribution in [0.25, 0.3) is 0 Å². The van der Waals surface area contributed by atoms with E-state index in [-0.39, 0.29) is 18.5 Å². The number of hydrogen-bond acceptors (Lipinski definition) is 8. The molecule has 3 heterocycles. The highest BCUT2D eigenvalue weighted by Crippen LogP contribution is 2.27. The van der Waals surface area contributed by atoms with Crippen LogP contribution in [0.5, 0.6) is 5.75 Å². The molecular weight excluding hydrogens is 503 g/mol. The van der Waals surface area contributed by atoms with Crippen LogP contribution in [0.15, 0.2) is 36.7 Å². The fourth-order valence-electron chi connectivity index (χ4n) is 3.74. The van der Waals surface area contributed by atoms with Crippen molar-refractivity contribution in [1.82, 2.24) is 19.8 Å². The van der Waals surface area contributed by atoms with Gasteiger partial charge in [-0.3, -0.25) is 9.88 Å². The molecule has 12 heteroatoms. The highest BCUT2D eigenvalue weighted by atomic mass is 19.4. The molecule has 4 rings (SSSR count). The Morgan fingerprint density at radius 3 is 2.42 bits per heavy atom. The molecule has 0 aliphatic carbocycles. The fourth-order valence-corrected chi connectivity index (χ4v) is 3.74. The van der Waals surface area contributed by atoms with Crippen LogP contribution in [-0.4, -0.2) is 89.9 Å². The molecule has 2 fully saturated rings. The summed E-state index contributed by atoms with van der Waals surface area (Å²) in [5, 5.41) is 11.4. The van der Waals surface area contributed by atoms with Crippen molar-refractivity contribution in [2.75, 3.05) is 58.4 Å². The second-order valence-electron chi connectivity index (χ2n) is 8.75. The normalized spacial score (nSPS) is 18.3. The lowest BCUT2D eigenvalue weighted by molar-refractivity contribution is -0.141. The van der Waals surface area contributed by atoms with Gasteiger partial charge in [-0.15, -0.1) is 0 Å². The summed E-state index contributed by atoms with van der Waals surface area (Å²) < 4.78 is 47.5. The molecule has 2 saturated heterocycles. The summed E-state index contributed by atoms with van der Waals surface area (Å²) in [5.74, 6) is -0.221. The number of anilines is 1. The summed E-state index contributed by atoms with van der Waals surface area (Å²) in [4.78, 5) is 22.2. The van der Waals surface area contributed by atoms with Crippen LogP contribution in [0.1, 0.15) is 37.9 Å². The van der Waals surface area contributed by atoms with Crippen LogP contribution in [0.4, 0.5) is 19.0 Å². The third-order valence-electron chi connectivity index (χ3n) is 5.73. The average molecular weight is 542 g/mol. The second kappa shape index (κ2) is 16.1. The fraction of sp³-hybridized carbons (Fsp3) is 0.577. The number of carboxylic acids is 1. The molecule has 2 aromatic rings. The number of carboxylic acid groups (broad SMARTS) is 1. The van der Waals surface area contributed by atoms with Crippen LogP contribution in [0.3, 0.4) is 0 Å². The Morgan fingerprint density at radius 1 is 1.16 bits per heavy atom. The quantitative estimate of drug-likeness (QED) is 0.539. The highest BCUT2D eigenvalue weighted by Gasteiger charge is 2.33. The Balaban J connectivity index is 0.000000252. The molecule has 1 unspecified atom stereocenters. The molecule has 38 heavy (non-hydrogen) atoms. The predicted molar refractivity (Wildman–Crippen MR) is 138 cm³/mol. The van der Waals surface area contributed by atoms with Crippen molar-refractivity contribution in [3.05, 3.63) is 47.9 Å². The molecule has 0 bridgehead atoms. The van der Waals surface area contributed by atoms with E-state index in [1.165, 1.54) is 11.8 Å². The van der Waals surface area contributed by atoms with E-state index in [0.29, 0.717) is 25.2 Å². The summed E-state index contributed by atoms with van der Waals surface area (Å²) in [5.41, 5.74) is 0.242. The maximum absolute atomic E-state index is 12.4. The number of nitrogens with zero attached hydrogens (tertiary/aromatic N) is 4. The van der Waals surface area contributed by atoms with Gasteiger partial charge in [0.15, 0.2) is 12.3 Å². The van der Waals surface area contributed by atoms with Crippen molar-refractivity contribution in [3.63, 3.8) is 0 Å². The van der Waals surface area contributed by atoms with Gasteiger partial charge in [0.05, 0.1) is 25.0 Å². The molecule has 0 spiro atoms. The molecule has 1 aromatic heterocycles. The topological polar surface area (TPSA) is 100 Å². The molecule has 9 nitrogen and oxygen atoms in total. The Kier molecular flexibility index (Phi) is 13.2. The van der Waals surface area contributed by atoms with Gasteiger partial charge in [-0.25, -0.2) is 9.78 Å². The van der Waals surface area contributed by atoms with Gasteiger partial charge in [-0.2, -0.15) is 13.2 Å². The first-order valence-corrected chi connectivity index (χ1v) is 12.8. The zero-order valence-corrected chi connectivity index (χ0v) is 22.2. The zero-order valence-electron chi connectivity index (χ0n) is 22.2. The zero-order chi connectivity index (χ0) is 28.0. The maximum atomic E-state index is 12.4. The van der Waals surface area contributed by atoms with Gasteiger partial charge in [0.1, 0.15) is 11.6 Å². The Labute approximate surface area is 222 Å². The first-order chi connectivity index (χ1) is 18.2. The highest BCUT2D eigenvalue weighted by molar-refractivity contribution is 5.68. The van der Waals surface area contributed by atoms with Crippen LogP contribution in [-0.2, 0) is 22.3 Å². The minimum atomic E-state index is -4.46. The minimum absolute atomic E-state index is 0.00142. The second-order valence-corrected chi connectivity index (χ2v) is 8.75. The smallest absolute Gasteiger partial charge is 0.434 e. The molecule has 212 valence electrons. The number of aliphatic carboxylic acids is 1. The van der Waals surface area contributed by atoms with E-state index in [1.807, 2.05) is 38.1 Å². The number of benzene rings is 1.